The summed E-state index contributed by atoms with van der Waals surface area (Å²) in [6, 6.07) is 4.59. The summed E-state index contributed by atoms with van der Waals surface area (Å²) in [4.78, 5) is 13.8. The first-order chi connectivity index (χ1) is 11.2. The van der Waals surface area contributed by atoms with E-state index in [-0.39, 0.29) is 22.7 Å². The number of hydrogen-bond acceptors (Lipinski definition) is 8. The highest BCUT2D eigenvalue weighted by Crippen LogP contribution is 2.24. The molecule has 0 aliphatic heterocycles. The van der Waals surface area contributed by atoms with Crippen LogP contribution in [0.1, 0.15) is 0 Å². The fraction of sp³-hybridized carbons (Fsp3) is 0.0769. The number of H-pyrrole nitrogens is 1. The van der Waals surface area contributed by atoms with Gasteiger partial charge in [-0.1, -0.05) is 6.08 Å². The lowest BCUT2D eigenvalue weighted by molar-refractivity contribution is 0.416. The number of nitrogens with zero attached hydrogens (tertiary/aromatic N) is 3. The van der Waals surface area contributed by atoms with Gasteiger partial charge in [0.15, 0.2) is 4.77 Å². The van der Waals surface area contributed by atoms with E-state index in [0.29, 0.717) is 0 Å². The normalized spacial score (nSPS) is 11.7. The summed E-state index contributed by atoms with van der Waals surface area (Å²) in [6.45, 7) is 3.67. The molecule has 24 heavy (non-hydrogen) atoms. The van der Waals surface area contributed by atoms with Crippen LogP contribution >= 0.6 is 12.2 Å². The molecule has 0 aliphatic carbocycles. The number of benzene rings is 1. The molecule has 0 amide bonds. The average molecular weight is 367 g/mol. The third kappa shape index (κ3) is 3.82. The summed E-state index contributed by atoms with van der Waals surface area (Å²) in [5, 5.41) is 17.4. The average Bonchev–Trinajstić information content (AvgIpc) is 2.50. The Morgan fingerprint density at radius 2 is 1.96 bits per heavy atom. The first-order valence-corrected chi connectivity index (χ1v) is 8.20. The second kappa shape index (κ2) is 6.86. The minimum atomic E-state index is -4.56. The molecule has 1 aromatic carbocycles. The molecule has 2 aromatic rings. The van der Waals surface area contributed by atoms with E-state index in [1.54, 1.807) is 0 Å². The van der Waals surface area contributed by atoms with Crippen LogP contribution in [0.5, 0.6) is 5.88 Å². The van der Waals surface area contributed by atoms with Crippen molar-refractivity contribution in [3.63, 3.8) is 0 Å². The zero-order chi connectivity index (χ0) is 17.9. The van der Waals surface area contributed by atoms with E-state index in [0.717, 1.165) is 12.1 Å². The van der Waals surface area contributed by atoms with Gasteiger partial charge in [0.05, 0.1) is 10.6 Å². The second-order valence-corrected chi connectivity index (χ2v) is 6.25. The lowest BCUT2D eigenvalue weighted by atomic mass is 10.3. The largest absolute Gasteiger partial charge is 0.744 e. The van der Waals surface area contributed by atoms with Gasteiger partial charge in [0.25, 0.3) is 5.56 Å². The number of azo groups is 1. The third-order valence-corrected chi connectivity index (χ3v) is 4.02. The number of aromatic amines is 1. The number of nitrogens with one attached hydrogen (secondary N) is 1. The van der Waals surface area contributed by atoms with Crippen molar-refractivity contribution < 1.29 is 18.1 Å². The van der Waals surface area contributed by atoms with Crippen molar-refractivity contribution in [2.75, 3.05) is 0 Å². The van der Waals surface area contributed by atoms with Crippen molar-refractivity contribution in [3.8, 4) is 5.88 Å². The number of aromatic nitrogens is 2. The Kier molecular flexibility index (Phi) is 5.07. The van der Waals surface area contributed by atoms with E-state index in [1.165, 1.54) is 22.8 Å². The summed E-state index contributed by atoms with van der Waals surface area (Å²) >= 11 is 4.92. The molecule has 0 spiro atoms. The number of rotatable bonds is 5. The van der Waals surface area contributed by atoms with E-state index in [1.807, 2.05) is 0 Å². The van der Waals surface area contributed by atoms with Gasteiger partial charge in [-0.15, -0.1) is 11.7 Å². The van der Waals surface area contributed by atoms with Gasteiger partial charge in [-0.25, -0.2) is 8.42 Å². The third-order valence-electron chi connectivity index (χ3n) is 2.85. The van der Waals surface area contributed by atoms with Crippen LogP contribution in [-0.2, 0) is 16.7 Å². The van der Waals surface area contributed by atoms with Crippen molar-refractivity contribution in [2.24, 2.45) is 10.2 Å². The highest BCUT2D eigenvalue weighted by Gasteiger charge is 2.11. The molecule has 126 valence electrons. The predicted octanol–water partition coefficient (Wildman–Crippen LogP) is 2.12. The Bertz CT molecular complexity index is 1020. The van der Waals surface area contributed by atoms with Gasteiger partial charge in [-0.3, -0.25) is 14.3 Å². The summed E-state index contributed by atoms with van der Waals surface area (Å²) in [7, 11) is -4.56. The molecular weight excluding hydrogens is 356 g/mol. The number of allylic oxidation sites excluding steroid dienone is 1. The highest BCUT2D eigenvalue weighted by molar-refractivity contribution is 7.85. The lowest BCUT2D eigenvalue weighted by Crippen LogP contribution is -2.13. The zero-order valence-corrected chi connectivity index (χ0v) is 13.7. The second-order valence-electron chi connectivity index (χ2n) is 4.48. The molecule has 0 radical (unpaired) electrons. The summed E-state index contributed by atoms with van der Waals surface area (Å²) in [5.74, 6) is -0.480. The molecule has 11 heteroatoms. The first-order valence-electron chi connectivity index (χ1n) is 6.38. The molecule has 2 rings (SSSR count). The van der Waals surface area contributed by atoms with Crippen LogP contribution in [0.4, 0.5) is 11.4 Å². The predicted molar refractivity (Wildman–Crippen MR) is 86.3 cm³/mol. The minimum Gasteiger partial charge on any atom is -0.744 e. The summed E-state index contributed by atoms with van der Waals surface area (Å²) in [5.41, 5.74) is -0.926. The molecule has 9 nitrogen and oxygen atoms in total. The molecular formula is C13H11N4O5S2-. The summed E-state index contributed by atoms with van der Waals surface area (Å²) in [6.07, 6.45) is 1.47. The number of aromatic hydroxyl groups is 1. The Hall–Kier alpha value is -2.63. The molecule has 0 aliphatic rings. The van der Waals surface area contributed by atoms with Crippen LogP contribution in [0, 0.1) is 4.77 Å². The molecule has 2 N–H and O–H groups in total. The van der Waals surface area contributed by atoms with Crippen LogP contribution in [0.25, 0.3) is 0 Å². The maximum Gasteiger partial charge on any atom is 0.283 e. The van der Waals surface area contributed by atoms with Crippen LogP contribution < -0.4 is 5.56 Å². The molecule has 0 unspecified atom stereocenters. The van der Waals surface area contributed by atoms with Gasteiger partial charge in [-0.05, 0) is 36.5 Å². The van der Waals surface area contributed by atoms with Crippen molar-refractivity contribution in [1.82, 2.24) is 9.55 Å². The Morgan fingerprint density at radius 3 is 2.50 bits per heavy atom. The molecule has 0 bridgehead atoms. The van der Waals surface area contributed by atoms with Crippen LogP contribution in [0.3, 0.4) is 0 Å². The minimum absolute atomic E-state index is 0.00125. The first kappa shape index (κ1) is 17.7. The molecule has 1 heterocycles. The maximum absolute atomic E-state index is 11.8. The molecule has 0 atom stereocenters. The SMILES string of the molecule is C=CCn1c(O)c(N=Nc2ccc(S(=O)(=O)[O-])cc2)c(=O)[nH]c1=S. The van der Waals surface area contributed by atoms with Crippen molar-refractivity contribution >= 4 is 33.7 Å². The fourth-order valence-electron chi connectivity index (χ4n) is 1.73. The highest BCUT2D eigenvalue weighted by atomic mass is 32.2. The Labute approximate surface area is 141 Å². The quantitative estimate of drug-likeness (QED) is 0.359. The van der Waals surface area contributed by atoms with Gasteiger partial charge in [0.2, 0.25) is 11.6 Å². The molecule has 0 fully saturated rings. The molecule has 0 saturated carbocycles. The van der Waals surface area contributed by atoms with Crippen LogP contribution in [0.2, 0.25) is 0 Å². The summed E-state index contributed by atoms with van der Waals surface area (Å²) < 4.78 is 33.7. The van der Waals surface area contributed by atoms with Crippen LogP contribution in [0.15, 0.2) is 56.8 Å². The monoisotopic (exact) mass is 367 g/mol. The van der Waals surface area contributed by atoms with Gasteiger partial charge < -0.3 is 9.66 Å². The van der Waals surface area contributed by atoms with Gasteiger partial charge in [-0.2, -0.15) is 5.11 Å². The fourth-order valence-corrected chi connectivity index (χ4v) is 2.45. The van der Waals surface area contributed by atoms with E-state index < -0.39 is 26.5 Å². The van der Waals surface area contributed by atoms with E-state index in [2.05, 4.69) is 21.8 Å². The van der Waals surface area contributed by atoms with Gasteiger partial charge in [0, 0.05) is 6.54 Å². The Morgan fingerprint density at radius 1 is 1.33 bits per heavy atom. The van der Waals surface area contributed by atoms with E-state index in [9.17, 15) is 22.9 Å². The topological polar surface area (TPSA) is 140 Å². The maximum atomic E-state index is 11.8. The van der Waals surface area contributed by atoms with Crippen LogP contribution in [-0.4, -0.2) is 27.6 Å². The lowest BCUT2D eigenvalue weighted by Gasteiger charge is -2.07. The van der Waals surface area contributed by atoms with Crippen molar-refractivity contribution in [3.05, 3.63) is 52.0 Å². The van der Waals surface area contributed by atoms with Crippen molar-refractivity contribution in [2.45, 2.75) is 11.4 Å². The van der Waals surface area contributed by atoms with Gasteiger partial charge >= 0.3 is 0 Å². The van der Waals surface area contributed by atoms with E-state index >= 15 is 0 Å². The van der Waals surface area contributed by atoms with E-state index in [4.69, 9.17) is 12.2 Å². The standard InChI is InChI=1S/C13H12N4O5S2/c1-2-7-17-12(19)10(11(18)14-13(17)23)16-15-8-3-5-9(6-4-8)24(20,21)22/h2-6,19H,1,7H2,(H,14,18,23)(H,20,21,22)/p-1. The molecule has 1 aromatic heterocycles. The smallest absolute Gasteiger partial charge is 0.283 e. The van der Waals surface area contributed by atoms with Crippen molar-refractivity contribution in [1.29, 1.82) is 0 Å². The Balaban J connectivity index is 2.42. The zero-order valence-electron chi connectivity index (χ0n) is 12.0. The number of hydrogen-bond donors (Lipinski definition) is 2. The van der Waals surface area contributed by atoms with Gasteiger partial charge in [0.1, 0.15) is 10.1 Å². The molecule has 0 saturated heterocycles.